The van der Waals surface area contributed by atoms with E-state index in [0.29, 0.717) is 29.6 Å². The van der Waals surface area contributed by atoms with E-state index in [9.17, 15) is 14.4 Å². The normalized spacial score (nSPS) is 43.9. The van der Waals surface area contributed by atoms with Crippen LogP contribution in [0.25, 0.3) is 0 Å². The van der Waals surface area contributed by atoms with Crippen LogP contribution in [-0.4, -0.2) is 30.9 Å². The first-order valence-corrected chi connectivity index (χ1v) is 12.5. The summed E-state index contributed by atoms with van der Waals surface area (Å²) in [6.07, 6.45) is 10.8. The van der Waals surface area contributed by atoms with Crippen LogP contribution in [0, 0.1) is 40.4 Å². The number of ketones is 1. The van der Waals surface area contributed by atoms with Crippen molar-refractivity contribution in [3.05, 3.63) is 0 Å². The van der Waals surface area contributed by atoms with Crippen molar-refractivity contribution in [3.63, 3.8) is 0 Å². The molecule has 0 aromatic carbocycles. The van der Waals surface area contributed by atoms with E-state index in [1.807, 2.05) is 0 Å². The van der Waals surface area contributed by atoms with E-state index in [0.717, 1.165) is 44.4 Å². The summed E-state index contributed by atoms with van der Waals surface area (Å²) in [6.45, 7) is 6.40. The van der Waals surface area contributed by atoms with Crippen LogP contribution in [0.15, 0.2) is 0 Å². The van der Waals surface area contributed by atoms with Crippen molar-refractivity contribution >= 4 is 17.7 Å². The van der Waals surface area contributed by atoms with E-state index in [4.69, 9.17) is 9.47 Å². The average Bonchev–Trinajstić information content (AvgIpc) is 3.09. The number of ether oxygens (including phenoxy) is 2. The van der Waals surface area contributed by atoms with E-state index in [1.54, 1.807) is 0 Å². The highest BCUT2D eigenvalue weighted by molar-refractivity contribution is 5.85. The highest BCUT2D eigenvalue weighted by Gasteiger charge is 2.61. The summed E-state index contributed by atoms with van der Waals surface area (Å²) in [4.78, 5) is 36.0. The van der Waals surface area contributed by atoms with Crippen molar-refractivity contribution < 1.29 is 23.9 Å². The van der Waals surface area contributed by atoms with Crippen molar-refractivity contribution in [2.45, 2.75) is 97.5 Å². The molecule has 174 valence electrons. The van der Waals surface area contributed by atoms with E-state index < -0.39 is 0 Å². The summed E-state index contributed by atoms with van der Waals surface area (Å²) in [5.41, 5.74) is 0.431. The summed E-state index contributed by atoms with van der Waals surface area (Å²) in [5, 5.41) is 0. The van der Waals surface area contributed by atoms with Gasteiger partial charge in [-0.1, -0.05) is 13.8 Å². The van der Waals surface area contributed by atoms with Crippen LogP contribution in [0.3, 0.4) is 0 Å². The van der Waals surface area contributed by atoms with Crippen LogP contribution < -0.4 is 0 Å². The lowest BCUT2D eigenvalue weighted by Crippen LogP contribution is -2.54. The number of carbonyl (C=O) groups excluding carboxylic acids is 3. The van der Waals surface area contributed by atoms with Crippen molar-refractivity contribution in [2.24, 2.45) is 40.4 Å². The molecule has 4 aliphatic carbocycles. The summed E-state index contributed by atoms with van der Waals surface area (Å²) >= 11 is 0. The van der Waals surface area contributed by atoms with Crippen molar-refractivity contribution in [1.29, 1.82) is 0 Å². The molecule has 4 saturated carbocycles. The molecule has 0 aromatic rings. The second kappa shape index (κ2) is 8.51. The molecule has 4 rings (SSSR count). The molecular weight excluding hydrogens is 392 g/mol. The third-order valence-corrected chi connectivity index (χ3v) is 10.1. The Labute approximate surface area is 187 Å². The fraction of sp³-hybridized carbons (Fsp3) is 0.885. The van der Waals surface area contributed by atoms with Gasteiger partial charge in [0.15, 0.2) is 0 Å². The Morgan fingerprint density at radius 2 is 1.58 bits per heavy atom. The summed E-state index contributed by atoms with van der Waals surface area (Å²) < 4.78 is 10.3. The third kappa shape index (κ3) is 3.95. The molecule has 0 aromatic heterocycles. The van der Waals surface area contributed by atoms with Crippen molar-refractivity contribution in [1.82, 2.24) is 0 Å². The zero-order valence-electron chi connectivity index (χ0n) is 19.8. The first-order valence-electron chi connectivity index (χ1n) is 12.5. The maximum absolute atomic E-state index is 13.1. The van der Waals surface area contributed by atoms with Gasteiger partial charge in [0.1, 0.15) is 11.9 Å². The van der Waals surface area contributed by atoms with E-state index in [-0.39, 0.29) is 41.6 Å². The molecule has 0 heterocycles. The molecule has 0 spiro atoms. The Balaban J connectivity index is 1.45. The molecule has 5 nitrogen and oxygen atoms in total. The summed E-state index contributed by atoms with van der Waals surface area (Å²) in [5.74, 6) is 2.66. The fourth-order valence-electron chi connectivity index (χ4n) is 8.59. The minimum atomic E-state index is -0.285. The maximum Gasteiger partial charge on any atom is 0.305 e. The van der Waals surface area contributed by atoms with E-state index in [1.165, 1.54) is 33.3 Å². The lowest BCUT2D eigenvalue weighted by molar-refractivity contribution is -0.161. The molecular formula is C26H40O5. The van der Waals surface area contributed by atoms with Crippen LogP contribution >= 0.6 is 0 Å². The molecule has 8 atom stereocenters. The minimum absolute atomic E-state index is 0.0898. The first kappa shape index (κ1) is 22.8. The van der Waals surface area contributed by atoms with Crippen LogP contribution in [-0.2, 0) is 23.9 Å². The lowest BCUT2D eigenvalue weighted by atomic mass is 9.44. The number of Topliss-reactive ketones (excluding diaryl/α,β-unsaturated/α-hetero) is 1. The highest BCUT2D eigenvalue weighted by Crippen LogP contribution is 2.67. The third-order valence-electron chi connectivity index (χ3n) is 10.1. The smallest absolute Gasteiger partial charge is 0.305 e. The molecule has 0 radical (unpaired) electrons. The monoisotopic (exact) mass is 432 g/mol. The van der Waals surface area contributed by atoms with Gasteiger partial charge in [-0.05, 0) is 92.3 Å². The van der Waals surface area contributed by atoms with Crippen LogP contribution in [0.4, 0.5) is 0 Å². The van der Waals surface area contributed by atoms with Crippen molar-refractivity contribution in [2.75, 3.05) is 7.11 Å². The zero-order chi connectivity index (χ0) is 22.4. The number of hydrogen-bond donors (Lipinski definition) is 0. The highest BCUT2D eigenvalue weighted by atomic mass is 16.5. The van der Waals surface area contributed by atoms with Gasteiger partial charge in [0.05, 0.1) is 13.5 Å². The number of rotatable bonds is 5. The van der Waals surface area contributed by atoms with Crippen LogP contribution in [0.1, 0.15) is 91.4 Å². The molecule has 0 amide bonds. The molecule has 0 aliphatic heterocycles. The number of fused-ring (bicyclic) bond motifs is 5. The largest absolute Gasteiger partial charge is 0.469 e. The van der Waals surface area contributed by atoms with Crippen LogP contribution in [0.5, 0.6) is 0 Å². The van der Waals surface area contributed by atoms with Gasteiger partial charge >= 0.3 is 11.9 Å². The Morgan fingerprint density at radius 3 is 2.29 bits per heavy atom. The Morgan fingerprint density at radius 1 is 0.871 bits per heavy atom. The SMILES string of the molecule is COC(=O)CCC(=O)[C@H]1CC[C@H]2[C@@H]3CC[C@H]4C[C@H](OC(C)=O)CC[C@]4(C)[C@H]3CC[C@]12C. The zero-order valence-corrected chi connectivity index (χ0v) is 19.8. The number of hydrogen-bond acceptors (Lipinski definition) is 5. The van der Waals surface area contributed by atoms with Crippen molar-refractivity contribution in [3.8, 4) is 0 Å². The molecule has 31 heavy (non-hydrogen) atoms. The Hall–Kier alpha value is -1.39. The number of carbonyl (C=O) groups is 3. The second-order valence-corrected chi connectivity index (χ2v) is 11.4. The molecule has 0 saturated heterocycles. The average molecular weight is 433 g/mol. The Kier molecular flexibility index (Phi) is 6.26. The second-order valence-electron chi connectivity index (χ2n) is 11.4. The van der Waals surface area contributed by atoms with Gasteiger partial charge in [0, 0.05) is 19.3 Å². The van der Waals surface area contributed by atoms with Gasteiger partial charge in [0.25, 0.3) is 0 Å². The lowest BCUT2D eigenvalue weighted by Gasteiger charge is -2.61. The van der Waals surface area contributed by atoms with Gasteiger partial charge < -0.3 is 9.47 Å². The quantitative estimate of drug-likeness (QED) is 0.565. The standard InChI is InChI=1S/C26H40O5/c1-16(27)31-18-11-13-25(2)17(15-18)5-6-19-20-7-8-22(23(28)9-10-24(29)30-4)26(20,3)14-12-21(19)25/h17-22H,5-15H2,1-4H3/t17-,18+,19-,20-,21-,22+,25-,26-/m0/s1. The van der Waals surface area contributed by atoms with E-state index in [2.05, 4.69) is 13.8 Å². The molecule has 0 unspecified atom stereocenters. The predicted molar refractivity (Wildman–Crippen MR) is 117 cm³/mol. The summed E-state index contributed by atoms with van der Waals surface area (Å²) in [7, 11) is 1.39. The van der Waals surface area contributed by atoms with Gasteiger partial charge in [-0.3, -0.25) is 14.4 Å². The number of methoxy groups -OCH3 is 1. The van der Waals surface area contributed by atoms with Gasteiger partial charge in [-0.25, -0.2) is 0 Å². The molecule has 4 aliphatic rings. The fourth-order valence-corrected chi connectivity index (χ4v) is 8.59. The maximum atomic E-state index is 13.1. The van der Waals surface area contributed by atoms with Crippen LogP contribution in [0.2, 0.25) is 0 Å². The Bertz CT molecular complexity index is 731. The van der Waals surface area contributed by atoms with Gasteiger partial charge in [-0.2, -0.15) is 0 Å². The van der Waals surface area contributed by atoms with E-state index >= 15 is 0 Å². The molecule has 4 fully saturated rings. The number of esters is 2. The predicted octanol–water partition coefficient (Wildman–Crippen LogP) is 5.10. The molecule has 0 N–H and O–H groups in total. The van der Waals surface area contributed by atoms with Gasteiger partial charge in [0.2, 0.25) is 0 Å². The molecule has 0 bridgehead atoms. The molecule has 5 heteroatoms. The van der Waals surface area contributed by atoms with Gasteiger partial charge in [-0.15, -0.1) is 0 Å². The summed E-state index contributed by atoms with van der Waals surface area (Å²) in [6, 6.07) is 0. The topological polar surface area (TPSA) is 69.7 Å². The first-order chi connectivity index (χ1) is 14.7. The minimum Gasteiger partial charge on any atom is -0.469 e.